The van der Waals surface area contributed by atoms with Gasteiger partial charge in [-0.25, -0.2) is 0 Å². The van der Waals surface area contributed by atoms with E-state index in [2.05, 4.69) is 34.6 Å². The van der Waals surface area contributed by atoms with E-state index in [1.807, 2.05) is 34.6 Å². The normalized spacial score (nSPS) is 40.7. The highest BCUT2D eigenvalue weighted by Gasteiger charge is 2.72. The Labute approximate surface area is 306 Å². The molecule has 0 bridgehead atoms. The average Bonchev–Trinajstić information content (AvgIpc) is 3.39. The van der Waals surface area contributed by atoms with Crippen LogP contribution in [0.1, 0.15) is 146 Å². The molecular formula is C41H67O9P. The SMILES string of the molecule is CCOP(=O)(/C=C(\C)C1CCC2(C(=O)O)CC[C@]3(C)C(CCC4[C@@]5(C)CCC(OC(=O)CC(C)(C)CC(=O)O)C(C)(C)C5CC[C@]43C)C12)OCC. The van der Waals surface area contributed by atoms with Crippen LogP contribution in [0.3, 0.4) is 0 Å². The summed E-state index contributed by atoms with van der Waals surface area (Å²) in [5.74, 6) is 0.831. The molecular weight excluding hydrogens is 667 g/mol. The van der Waals surface area contributed by atoms with Crippen molar-refractivity contribution < 1.29 is 42.9 Å². The van der Waals surface area contributed by atoms with Crippen molar-refractivity contribution in [1.82, 2.24) is 0 Å². The Hall–Kier alpha value is -1.70. The molecule has 290 valence electrons. The van der Waals surface area contributed by atoms with E-state index < -0.39 is 30.4 Å². The predicted molar refractivity (Wildman–Crippen MR) is 197 cm³/mol. The summed E-state index contributed by atoms with van der Waals surface area (Å²) in [4.78, 5) is 37.9. The Morgan fingerprint density at radius 1 is 0.804 bits per heavy atom. The van der Waals surface area contributed by atoms with E-state index in [4.69, 9.17) is 13.8 Å². The maximum absolute atomic E-state index is 13.7. The summed E-state index contributed by atoms with van der Waals surface area (Å²) in [5, 5.41) is 20.3. The lowest BCUT2D eigenvalue weighted by Gasteiger charge is -2.72. The van der Waals surface area contributed by atoms with Crippen LogP contribution < -0.4 is 0 Å². The van der Waals surface area contributed by atoms with E-state index in [-0.39, 0.29) is 77.5 Å². The van der Waals surface area contributed by atoms with Crippen molar-refractivity contribution in [3.05, 3.63) is 11.4 Å². The second-order valence-corrected chi connectivity index (χ2v) is 21.2. The van der Waals surface area contributed by atoms with Gasteiger partial charge in [-0.15, -0.1) is 0 Å². The van der Waals surface area contributed by atoms with E-state index in [9.17, 15) is 29.2 Å². The lowest BCUT2D eigenvalue weighted by molar-refractivity contribution is -0.250. The molecule has 0 aromatic rings. The molecule has 0 amide bonds. The van der Waals surface area contributed by atoms with Crippen LogP contribution in [0.25, 0.3) is 0 Å². The molecule has 5 fully saturated rings. The summed E-state index contributed by atoms with van der Waals surface area (Å²) in [6.45, 7) is 21.8. The standard InChI is InChI=1S/C41H67O9P/c1-11-48-51(47,49-12-2)25-26(3)27-15-20-41(35(45)46)22-21-39(9)28(34(27)41)13-14-30-38(8)18-17-31(37(6,7)29(38)16-19-40(30,39)10)50-33(44)24-36(4,5)23-32(42)43/h25,27-31,34H,11-24H2,1-10H3,(H,42,43)(H,45,46)/b26-25+/t27?,28?,29?,30?,31?,34?,38-,39+,40+,41?/m0/s1. The monoisotopic (exact) mass is 734 g/mol. The van der Waals surface area contributed by atoms with Crippen LogP contribution in [0.4, 0.5) is 0 Å². The Kier molecular flexibility index (Phi) is 11.0. The number of allylic oxidation sites excluding steroid dienone is 1. The van der Waals surface area contributed by atoms with Crippen LogP contribution in [-0.2, 0) is 32.7 Å². The lowest BCUT2D eigenvalue weighted by Crippen LogP contribution is -2.67. The molecule has 0 saturated heterocycles. The topological polar surface area (TPSA) is 136 Å². The van der Waals surface area contributed by atoms with Gasteiger partial charge in [0.05, 0.1) is 31.5 Å². The summed E-state index contributed by atoms with van der Waals surface area (Å²) in [6.07, 6.45) is 8.63. The first-order valence-corrected chi connectivity index (χ1v) is 21.4. The van der Waals surface area contributed by atoms with Crippen LogP contribution >= 0.6 is 7.60 Å². The molecule has 0 aliphatic heterocycles. The third-order valence-electron chi connectivity index (χ3n) is 15.9. The molecule has 5 rings (SSSR count). The molecule has 7 unspecified atom stereocenters. The van der Waals surface area contributed by atoms with Gasteiger partial charge in [0, 0.05) is 11.2 Å². The smallest absolute Gasteiger partial charge is 0.354 e. The van der Waals surface area contributed by atoms with E-state index in [0.717, 1.165) is 56.9 Å². The molecule has 5 aliphatic carbocycles. The summed E-state index contributed by atoms with van der Waals surface area (Å²) in [6, 6.07) is 0. The van der Waals surface area contributed by atoms with Crippen LogP contribution in [0.15, 0.2) is 11.4 Å². The molecule has 10 heteroatoms. The van der Waals surface area contributed by atoms with E-state index >= 15 is 0 Å². The third kappa shape index (κ3) is 6.70. The maximum atomic E-state index is 13.7. The van der Waals surface area contributed by atoms with Crippen LogP contribution in [0.5, 0.6) is 0 Å². The molecule has 5 aliphatic rings. The zero-order chi connectivity index (χ0) is 38.0. The summed E-state index contributed by atoms with van der Waals surface area (Å²) in [7, 11) is -3.44. The van der Waals surface area contributed by atoms with Crippen molar-refractivity contribution in [2.75, 3.05) is 13.2 Å². The van der Waals surface area contributed by atoms with Gasteiger partial charge < -0.3 is 24.0 Å². The minimum Gasteiger partial charge on any atom is -0.481 e. The zero-order valence-corrected chi connectivity index (χ0v) is 34.0. The number of aliphatic carboxylic acids is 2. The molecule has 2 N–H and O–H groups in total. The zero-order valence-electron chi connectivity index (χ0n) is 33.1. The number of carbonyl (C=O) groups is 3. The van der Waals surface area contributed by atoms with Crippen molar-refractivity contribution in [2.24, 2.45) is 62.1 Å². The van der Waals surface area contributed by atoms with Gasteiger partial charge in [0.15, 0.2) is 0 Å². The van der Waals surface area contributed by atoms with Crippen LogP contribution in [-0.4, -0.2) is 47.4 Å². The Balaban J connectivity index is 1.43. The quantitative estimate of drug-likeness (QED) is 0.148. The molecule has 0 radical (unpaired) electrons. The Morgan fingerprint density at radius 2 is 1.45 bits per heavy atom. The maximum Gasteiger partial charge on any atom is 0.354 e. The number of hydrogen-bond donors (Lipinski definition) is 2. The highest BCUT2D eigenvalue weighted by Crippen LogP contribution is 2.78. The van der Waals surface area contributed by atoms with Gasteiger partial charge in [0.2, 0.25) is 0 Å². The average molecular weight is 735 g/mol. The molecule has 0 aromatic heterocycles. The largest absolute Gasteiger partial charge is 0.481 e. The Bertz CT molecular complexity index is 1440. The number of rotatable bonds is 12. The molecule has 0 spiro atoms. The van der Waals surface area contributed by atoms with Gasteiger partial charge in [0.25, 0.3) is 0 Å². The fourth-order valence-corrected chi connectivity index (χ4v) is 15.2. The first-order valence-electron chi connectivity index (χ1n) is 19.8. The number of carboxylic acids is 2. The molecule has 51 heavy (non-hydrogen) atoms. The van der Waals surface area contributed by atoms with Crippen molar-refractivity contribution in [1.29, 1.82) is 0 Å². The number of esters is 1. The second-order valence-electron chi connectivity index (χ2n) is 19.3. The van der Waals surface area contributed by atoms with Gasteiger partial charge in [-0.3, -0.25) is 18.9 Å². The van der Waals surface area contributed by atoms with E-state index in [1.165, 1.54) is 0 Å². The molecule has 5 saturated carbocycles. The van der Waals surface area contributed by atoms with Crippen LogP contribution in [0, 0.1) is 62.1 Å². The van der Waals surface area contributed by atoms with Gasteiger partial charge in [-0.1, -0.05) is 54.0 Å². The first-order chi connectivity index (χ1) is 23.6. The van der Waals surface area contributed by atoms with Crippen molar-refractivity contribution in [3.8, 4) is 0 Å². The van der Waals surface area contributed by atoms with Crippen molar-refractivity contribution in [3.63, 3.8) is 0 Å². The van der Waals surface area contributed by atoms with E-state index in [0.29, 0.717) is 24.7 Å². The Morgan fingerprint density at radius 3 is 2.04 bits per heavy atom. The number of ether oxygens (including phenoxy) is 1. The number of carboxylic acid groups (broad SMARTS) is 2. The van der Waals surface area contributed by atoms with Crippen molar-refractivity contribution in [2.45, 2.75) is 152 Å². The molecule has 0 heterocycles. The molecule has 0 aromatic carbocycles. The van der Waals surface area contributed by atoms with Crippen LogP contribution in [0.2, 0.25) is 0 Å². The lowest BCUT2D eigenvalue weighted by atomic mass is 9.32. The minimum absolute atomic E-state index is 0.0107. The molecule has 9 nitrogen and oxygen atoms in total. The third-order valence-corrected chi connectivity index (χ3v) is 17.8. The fourth-order valence-electron chi connectivity index (χ4n) is 13.5. The first kappa shape index (κ1) is 40.5. The summed E-state index contributed by atoms with van der Waals surface area (Å²) < 4.78 is 31.2. The fraction of sp³-hybridized carbons (Fsp3) is 0.878. The van der Waals surface area contributed by atoms with Gasteiger partial charge in [-0.05, 0) is 136 Å². The second kappa shape index (κ2) is 13.9. The van der Waals surface area contributed by atoms with Gasteiger partial charge >= 0.3 is 25.5 Å². The highest BCUT2D eigenvalue weighted by molar-refractivity contribution is 7.57. The predicted octanol–water partition coefficient (Wildman–Crippen LogP) is 10.1. The van der Waals surface area contributed by atoms with Gasteiger partial charge in [0.1, 0.15) is 6.10 Å². The van der Waals surface area contributed by atoms with E-state index in [1.54, 1.807) is 5.82 Å². The number of hydrogen-bond acceptors (Lipinski definition) is 7. The summed E-state index contributed by atoms with van der Waals surface area (Å²) in [5.41, 5.74) is -0.735. The van der Waals surface area contributed by atoms with Crippen molar-refractivity contribution >= 4 is 25.5 Å². The molecule has 10 atom stereocenters. The van der Waals surface area contributed by atoms with Gasteiger partial charge in [-0.2, -0.15) is 0 Å². The summed E-state index contributed by atoms with van der Waals surface area (Å²) >= 11 is 0. The highest BCUT2D eigenvalue weighted by atomic mass is 31.2. The minimum atomic E-state index is -3.44. The number of carbonyl (C=O) groups excluding carboxylic acids is 1. The number of fused-ring (bicyclic) bond motifs is 7.